The Morgan fingerprint density at radius 2 is 2.12 bits per heavy atom. The van der Waals surface area contributed by atoms with E-state index in [0.29, 0.717) is 28.2 Å². The van der Waals surface area contributed by atoms with Crippen molar-refractivity contribution in [3.05, 3.63) is 59.6 Å². The van der Waals surface area contributed by atoms with Crippen LogP contribution in [0.4, 0.5) is 5.69 Å². The number of ether oxygens (including phenoxy) is 1. The van der Waals surface area contributed by atoms with Crippen LogP contribution in [-0.2, 0) is 4.79 Å². The van der Waals surface area contributed by atoms with Gasteiger partial charge in [0, 0.05) is 18.5 Å². The average Bonchev–Trinajstić information content (AvgIpc) is 3.09. The molecule has 0 fully saturated rings. The molecule has 0 radical (unpaired) electrons. The smallest absolute Gasteiger partial charge is 0.262 e. The number of hydrogen-bond donors (Lipinski definition) is 1. The van der Waals surface area contributed by atoms with Crippen LogP contribution in [0.25, 0.3) is 5.82 Å². The highest BCUT2D eigenvalue weighted by atomic mass is 35.5. The highest BCUT2D eigenvalue weighted by Crippen LogP contribution is 2.20. The van der Waals surface area contributed by atoms with E-state index >= 15 is 0 Å². The topological polar surface area (TPSA) is 81.9 Å². The van der Waals surface area contributed by atoms with Gasteiger partial charge in [0.1, 0.15) is 5.82 Å². The summed E-state index contributed by atoms with van der Waals surface area (Å²) in [4.78, 5) is 20.4. The maximum absolute atomic E-state index is 12.0. The number of halogens is 1. The van der Waals surface area contributed by atoms with E-state index in [2.05, 4.69) is 20.4 Å². The zero-order valence-electron chi connectivity index (χ0n) is 12.8. The lowest BCUT2D eigenvalue weighted by molar-refractivity contribution is -0.118. The number of hydrogen-bond acceptors (Lipinski definition) is 5. The molecule has 24 heavy (non-hydrogen) atoms. The minimum atomic E-state index is -0.333. The van der Waals surface area contributed by atoms with Crippen LogP contribution in [0.5, 0.6) is 5.88 Å². The zero-order valence-corrected chi connectivity index (χ0v) is 13.6. The van der Waals surface area contributed by atoms with Crippen molar-refractivity contribution in [1.29, 1.82) is 0 Å². The molecule has 0 saturated carbocycles. The summed E-state index contributed by atoms with van der Waals surface area (Å²) in [7, 11) is 0. The van der Waals surface area contributed by atoms with Gasteiger partial charge in [-0.3, -0.25) is 4.79 Å². The largest absolute Gasteiger partial charge is 0.467 e. The molecule has 122 valence electrons. The fraction of sp³-hybridized carbons (Fsp3) is 0.125. The van der Waals surface area contributed by atoms with Gasteiger partial charge in [-0.15, -0.1) is 0 Å². The first-order valence-corrected chi connectivity index (χ1v) is 7.52. The number of amides is 1. The molecule has 2 heterocycles. The molecule has 0 saturated heterocycles. The fourth-order valence-corrected chi connectivity index (χ4v) is 2.19. The summed E-state index contributed by atoms with van der Waals surface area (Å²) in [5.74, 6) is 1.04. The second-order valence-electron chi connectivity index (χ2n) is 4.88. The van der Waals surface area contributed by atoms with E-state index in [-0.39, 0.29) is 12.5 Å². The van der Waals surface area contributed by atoms with Crippen molar-refractivity contribution in [2.45, 2.75) is 6.92 Å². The average molecular weight is 344 g/mol. The molecule has 0 aliphatic heterocycles. The van der Waals surface area contributed by atoms with E-state index in [1.54, 1.807) is 60.4 Å². The lowest BCUT2D eigenvalue weighted by Crippen LogP contribution is -2.21. The lowest BCUT2D eigenvalue weighted by atomic mass is 10.3. The van der Waals surface area contributed by atoms with Crippen LogP contribution < -0.4 is 10.1 Å². The van der Waals surface area contributed by atoms with Gasteiger partial charge in [0.25, 0.3) is 5.91 Å². The molecule has 0 aliphatic rings. The molecular formula is C16H14ClN5O2. The van der Waals surface area contributed by atoms with Crippen molar-refractivity contribution < 1.29 is 9.53 Å². The zero-order chi connectivity index (χ0) is 16.9. The van der Waals surface area contributed by atoms with Crippen molar-refractivity contribution >= 4 is 23.2 Å². The lowest BCUT2D eigenvalue weighted by Gasteiger charge is -2.09. The van der Waals surface area contributed by atoms with E-state index in [1.807, 2.05) is 0 Å². The number of nitrogens with zero attached hydrogens (tertiary/aromatic N) is 4. The first-order valence-electron chi connectivity index (χ1n) is 7.15. The summed E-state index contributed by atoms with van der Waals surface area (Å²) >= 11 is 6.00. The van der Waals surface area contributed by atoms with E-state index < -0.39 is 0 Å². The summed E-state index contributed by atoms with van der Waals surface area (Å²) in [6.07, 6.45) is 3.41. The van der Waals surface area contributed by atoms with Gasteiger partial charge in [-0.25, -0.2) is 9.67 Å². The highest BCUT2D eigenvalue weighted by Gasteiger charge is 2.09. The van der Waals surface area contributed by atoms with Crippen molar-refractivity contribution in [3.63, 3.8) is 0 Å². The molecule has 2 aromatic heterocycles. The van der Waals surface area contributed by atoms with Crippen LogP contribution >= 0.6 is 11.6 Å². The van der Waals surface area contributed by atoms with E-state index in [4.69, 9.17) is 16.3 Å². The van der Waals surface area contributed by atoms with Gasteiger partial charge >= 0.3 is 0 Å². The Bertz CT molecular complexity index is 851. The molecule has 1 N–H and O–H groups in total. The molecule has 8 heteroatoms. The maximum Gasteiger partial charge on any atom is 0.262 e. The minimum absolute atomic E-state index is 0.194. The molecule has 7 nitrogen and oxygen atoms in total. The third-order valence-electron chi connectivity index (χ3n) is 3.04. The van der Waals surface area contributed by atoms with Gasteiger partial charge < -0.3 is 10.1 Å². The second kappa shape index (κ2) is 7.10. The van der Waals surface area contributed by atoms with Gasteiger partial charge in [-0.05, 0) is 25.1 Å². The Labute approximate surface area is 143 Å². The Balaban J connectivity index is 1.66. The highest BCUT2D eigenvalue weighted by molar-refractivity contribution is 6.33. The number of rotatable bonds is 5. The number of nitrogens with one attached hydrogen (secondary N) is 1. The number of para-hydroxylation sites is 1. The van der Waals surface area contributed by atoms with E-state index in [0.717, 1.165) is 0 Å². The van der Waals surface area contributed by atoms with Crippen molar-refractivity contribution in [2.75, 3.05) is 11.9 Å². The summed E-state index contributed by atoms with van der Waals surface area (Å²) in [5, 5.41) is 7.25. The van der Waals surface area contributed by atoms with E-state index in [1.165, 1.54) is 0 Å². The second-order valence-corrected chi connectivity index (χ2v) is 5.29. The van der Waals surface area contributed by atoms with Crippen molar-refractivity contribution in [2.24, 2.45) is 0 Å². The molecule has 0 bridgehead atoms. The van der Waals surface area contributed by atoms with Crippen molar-refractivity contribution in [1.82, 2.24) is 19.7 Å². The van der Waals surface area contributed by atoms with Crippen LogP contribution in [0, 0.1) is 6.92 Å². The van der Waals surface area contributed by atoms with Gasteiger partial charge in [0.2, 0.25) is 5.88 Å². The number of benzene rings is 1. The summed E-state index contributed by atoms with van der Waals surface area (Å²) in [6, 6.07) is 10.4. The predicted octanol–water partition coefficient (Wildman–Crippen LogP) is 2.64. The van der Waals surface area contributed by atoms with Crippen LogP contribution in [0.3, 0.4) is 0 Å². The molecule has 0 aliphatic carbocycles. The molecule has 3 aromatic rings. The third kappa shape index (κ3) is 3.88. The van der Waals surface area contributed by atoms with Crippen molar-refractivity contribution in [3.8, 4) is 11.7 Å². The molecule has 1 aromatic carbocycles. The van der Waals surface area contributed by atoms with Gasteiger partial charge in [-0.2, -0.15) is 10.1 Å². The number of aromatic nitrogens is 4. The normalized spacial score (nSPS) is 10.4. The molecule has 0 atom stereocenters. The minimum Gasteiger partial charge on any atom is -0.467 e. The van der Waals surface area contributed by atoms with E-state index in [9.17, 15) is 4.79 Å². The predicted molar refractivity (Wildman–Crippen MR) is 89.5 cm³/mol. The summed E-state index contributed by atoms with van der Waals surface area (Å²) < 4.78 is 7.04. The summed E-state index contributed by atoms with van der Waals surface area (Å²) in [5.41, 5.74) is 0.531. The fourth-order valence-electron chi connectivity index (χ4n) is 2.01. The Morgan fingerprint density at radius 1 is 1.29 bits per heavy atom. The SMILES string of the molecule is Cc1nc(OCC(=O)Nc2ccccc2Cl)cc(-n2cccn2)n1. The first kappa shape index (κ1) is 15.9. The standard InChI is InChI=1S/C16H14ClN5O2/c1-11-19-14(22-8-4-7-18-22)9-16(20-11)24-10-15(23)21-13-6-3-2-5-12(13)17/h2-9H,10H2,1H3,(H,21,23). The molecular weight excluding hydrogens is 330 g/mol. The Kier molecular flexibility index (Phi) is 4.72. The van der Waals surface area contributed by atoms with Gasteiger partial charge in [0.05, 0.1) is 10.7 Å². The first-order chi connectivity index (χ1) is 11.6. The van der Waals surface area contributed by atoms with Gasteiger partial charge in [-0.1, -0.05) is 23.7 Å². The molecule has 1 amide bonds. The maximum atomic E-state index is 12.0. The van der Waals surface area contributed by atoms with Gasteiger partial charge in [0.15, 0.2) is 12.4 Å². The monoisotopic (exact) mass is 343 g/mol. The number of carbonyl (C=O) groups is 1. The number of anilines is 1. The Hall–Kier alpha value is -2.93. The molecule has 0 unspecified atom stereocenters. The summed E-state index contributed by atoms with van der Waals surface area (Å²) in [6.45, 7) is 1.55. The molecule has 3 rings (SSSR count). The van der Waals surface area contributed by atoms with Crippen LogP contribution in [0.1, 0.15) is 5.82 Å². The molecule has 0 spiro atoms. The Morgan fingerprint density at radius 3 is 2.88 bits per heavy atom. The number of aryl methyl sites for hydroxylation is 1. The quantitative estimate of drug-likeness (QED) is 0.770. The third-order valence-corrected chi connectivity index (χ3v) is 3.37. The van der Waals surface area contributed by atoms with Crippen LogP contribution in [0.2, 0.25) is 5.02 Å². The van der Waals surface area contributed by atoms with Crippen LogP contribution in [-0.4, -0.2) is 32.3 Å². The number of carbonyl (C=O) groups excluding carboxylic acids is 1. The van der Waals surface area contributed by atoms with Crippen LogP contribution in [0.15, 0.2) is 48.8 Å².